The lowest BCUT2D eigenvalue weighted by Crippen LogP contribution is -1.97. The topological polar surface area (TPSA) is 29.5 Å². The number of methoxy groups -OCH3 is 1. The molecule has 0 bridgehead atoms. The average molecular weight is 333 g/mol. The van der Waals surface area contributed by atoms with E-state index in [4.69, 9.17) is 4.74 Å². The third kappa shape index (κ3) is 9.77. The van der Waals surface area contributed by atoms with Crippen LogP contribution < -0.4 is 4.74 Å². The molecule has 1 aromatic rings. The van der Waals surface area contributed by atoms with E-state index in [2.05, 4.69) is 19.1 Å². The van der Waals surface area contributed by atoms with Crippen LogP contribution in [0.25, 0.3) is 0 Å². The maximum absolute atomic E-state index is 10.2. The summed E-state index contributed by atoms with van der Waals surface area (Å²) in [6.45, 7) is 2.22. The second-order valence-electron chi connectivity index (χ2n) is 6.60. The molecule has 136 valence electrons. The molecule has 0 saturated heterocycles. The minimum Gasteiger partial charge on any atom is -0.497 e. The summed E-state index contributed by atoms with van der Waals surface area (Å²) in [5.74, 6) is 0.840. The molecule has 0 radical (unpaired) electrons. The monoisotopic (exact) mass is 332 g/mol. The summed E-state index contributed by atoms with van der Waals surface area (Å²) in [7, 11) is 1.66. The standard InChI is InChI=1S/C22H36O2/c1-3-4-5-6-7-8-9-10-11-12-13-14-15-22(23)20-16-18-21(24-2)19-17-20/h5-6,16-19,22-23H,3-4,7-15H2,1-2H3/b6-5+. The highest BCUT2D eigenvalue weighted by Gasteiger charge is 2.07. The molecule has 0 saturated carbocycles. The Balaban J connectivity index is 1.96. The molecule has 0 aromatic heterocycles. The van der Waals surface area contributed by atoms with Crippen molar-refractivity contribution >= 4 is 0 Å². The summed E-state index contributed by atoms with van der Waals surface area (Å²) >= 11 is 0. The van der Waals surface area contributed by atoms with Crippen LogP contribution in [-0.2, 0) is 0 Å². The van der Waals surface area contributed by atoms with Crippen LogP contribution in [0.15, 0.2) is 36.4 Å². The molecule has 0 aliphatic rings. The molecule has 1 atom stereocenters. The van der Waals surface area contributed by atoms with Gasteiger partial charge in [0, 0.05) is 0 Å². The number of ether oxygens (including phenoxy) is 1. The minimum atomic E-state index is -0.342. The van der Waals surface area contributed by atoms with E-state index in [0.717, 1.165) is 24.2 Å². The number of unbranched alkanes of at least 4 members (excludes halogenated alkanes) is 8. The van der Waals surface area contributed by atoms with E-state index in [1.807, 2.05) is 24.3 Å². The molecular weight excluding hydrogens is 296 g/mol. The van der Waals surface area contributed by atoms with Crippen LogP contribution >= 0.6 is 0 Å². The Morgan fingerprint density at radius 1 is 0.875 bits per heavy atom. The van der Waals surface area contributed by atoms with Crippen LogP contribution in [0.3, 0.4) is 0 Å². The number of hydrogen-bond donors (Lipinski definition) is 1. The summed E-state index contributed by atoms with van der Waals surface area (Å²) in [6.07, 6.45) is 17.9. The van der Waals surface area contributed by atoms with Crippen molar-refractivity contribution in [1.82, 2.24) is 0 Å². The summed E-state index contributed by atoms with van der Waals surface area (Å²) in [5, 5.41) is 10.2. The van der Waals surface area contributed by atoms with Gasteiger partial charge in [-0.25, -0.2) is 0 Å². The lowest BCUT2D eigenvalue weighted by molar-refractivity contribution is 0.163. The lowest BCUT2D eigenvalue weighted by atomic mass is 10.0. The lowest BCUT2D eigenvalue weighted by Gasteiger charge is -2.11. The first-order valence-corrected chi connectivity index (χ1v) is 9.75. The molecule has 2 nitrogen and oxygen atoms in total. The van der Waals surface area contributed by atoms with Gasteiger partial charge in [-0.15, -0.1) is 0 Å². The normalized spacial score (nSPS) is 12.6. The van der Waals surface area contributed by atoms with Gasteiger partial charge in [0.15, 0.2) is 0 Å². The first-order valence-electron chi connectivity index (χ1n) is 9.75. The third-order valence-corrected chi connectivity index (χ3v) is 4.47. The number of aliphatic hydroxyl groups excluding tert-OH is 1. The van der Waals surface area contributed by atoms with Crippen molar-refractivity contribution in [3.8, 4) is 5.75 Å². The Kier molecular flexibility index (Phi) is 12.2. The number of aliphatic hydroxyl groups is 1. The van der Waals surface area contributed by atoms with Crippen LogP contribution in [0.5, 0.6) is 5.75 Å². The fourth-order valence-corrected chi connectivity index (χ4v) is 2.88. The van der Waals surface area contributed by atoms with Crippen LogP contribution in [0.2, 0.25) is 0 Å². The Morgan fingerprint density at radius 2 is 1.46 bits per heavy atom. The maximum atomic E-state index is 10.2. The quantitative estimate of drug-likeness (QED) is 0.307. The van der Waals surface area contributed by atoms with Gasteiger partial charge >= 0.3 is 0 Å². The molecule has 0 aliphatic heterocycles. The smallest absolute Gasteiger partial charge is 0.118 e. The van der Waals surface area contributed by atoms with Gasteiger partial charge in [-0.1, -0.05) is 76.2 Å². The fourth-order valence-electron chi connectivity index (χ4n) is 2.88. The van der Waals surface area contributed by atoms with E-state index in [1.54, 1.807) is 7.11 Å². The fraction of sp³-hybridized carbons (Fsp3) is 0.636. The molecule has 1 rings (SSSR count). The van der Waals surface area contributed by atoms with E-state index in [0.29, 0.717) is 0 Å². The molecule has 2 heteroatoms. The Labute approximate surface area is 148 Å². The zero-order chi connectivity index (χ0) is 17.5. The van der Waals surface area contributed by atoms with Gasteiger partial charge in [0.2, 0.25) is 0 Å². The minimum absolute atomic E-state index is 0.342. The highest BCUT2D eigenvalue weighted by molar-refractivity contribution is 5.28. The number of rotatable bonds is 14. The van der Waals surface area contributed by atoms with Crippen LogP contribution in [0.4, 0.5) is 0 Å². The van der Waals surface area contributed by atoms with Crippen molar-refractivity contribution in [1.29, 1.82) is 0 Å². The third-order valence-electron chi connectivity index (χ3n) is 4.47. The SMILES string of the molecule is CCC/C=C/CCCCCCCCCC(O)c1ccc(OC)cc1. The molecule has 1 unspecified atom stereocenters. The zero-order valence-electron chi connectivity index (χ0n) is 15.7. The van der Waals surface area contributed by atoms with E-state index in [1.165, 1.54) is 57.8 Å². The molecule has 0 heterocycles. The first kappa shape index (κ1) is 20.8. The van der Waals surface area contributed by atoms with Gasteiger partial charge in [-0.3, -0.25) is 0 Å². The number of hydrogen-bond acceptors (Lipinski definition) is 2. The van der Waals surface area contributed by atoms with Crippen molar-refractivity contribution in [2.24, 2.45) is 0 Å². The predicted molar refractivity (Wildman–Crippen MR) is 104 cm³/mol. The molecule has 0 amide bonds. The second-order valence-corrected chi connectivity index (χ2v) is 6.60. The summed E-state index contributed by atoms with van der Waals surface area (Å²) in [4.78, 5) is 0. The van der Waals surface area contributed by atoms with Crippen molar-refractivity contribution in [3.63, 3.8) is 0 Å². The van der Waals surface area contributed by atoms with Gasteiger partial charge in [0.25, 0.3) is 0 Å². The van der Waals surface area contributed by atoms with Crippen LogP contribution in [0.1, 0.15) is 89.2 Å². The summed E-state index contributed by atoms with van der Waals surface area (Å²) in [6, 6.07) is 7.74. The number of benzene rings is 1. The van der Waals surface area contributed by atoms with Crippen molar-refractivity contribution in [3.05, 3.63) is 42.0 Å². The Morgan fingerprint density at radius 3 is 2.08 bits per heavy atom. The highest BCUT2D eigenvalue weighted by Crippen LogP contribution is 2.22. The summed E-state index contributed by atoms with van der Waals surface area (Å²) in [5.41, 5.74) is 0.993. The Hall–Kier alpha value is -1.28. The van der Waals surface area contributed by atoms with E-state index in [-0.39, 0.29) is 6.10 Å². The van der Waals surface area contributed by atoms with Gasteiger partial charge in [-0.05, 0) is 43.4 Å². The summed E-state index contributed by atoms with van der Waals surface area (Å²) < 4.78 is 5.14. The molecule has 1 aromatic carbocycles. The van der Waals surface area contributed by atoms with Crippen LogP contribution in [0, 0.1) is 0 Å². The molecule has 0 aliphatic carbocycles. The largest absolute Gasteiger partial charge is 0.497 e. The maximum Gasteiger partial charge on any atom is 0.118 e. The molecule has 1 N–H and O–H groups in total. The average Bonchev–Trinajstić information content (AvgIpc) is 2.62. The van der Waals surface area contributed by atoms with E-state index in [9.17, 15) is 5.11 Å². The van der Waals surface area contributed by atoms with Gasteiger partial charge in [-0.2, -0.15) is 0 Å². The first-order chi connectivity index (χ1) is 11.8. The van der Waals surface area contributed by atoms with Crippen molar-refractivity contribution in [2.45, 2.75) is 83.7 Å². The zero-order valence-corrected chi connectivity index (χ0v) is 15.7. The molecular formula is C22H36O2. The molecule has 0 fully saturated rings. The van der Waals surface area contributed by atoms with E-state index < -0.39 is 0 Å². The molecule has 0 spiro atoms. The van der Waals surface area contributed by atoms with Crippen molar-refractivity contribution < 1.29 is 9.84 Å². The Bertz CT molecular complexity index is 422. The van der Waals surface area contributed by atoms with Gasteiger partial charge in [0.05, 0.1) is 13.2 Å². The molecule has 24 heavy (non-hydrogen) atoms. The highest BCUT2D eigenvalue weighted by atomic mass is 16.5. The van der Waals surface area contributed by atoms with Gasteiger partial charge in [0.1, 0.15) is 5.75 Å². The van der Waals surface area contributed by atoms with Crippen molar-refractivity contribution in [2.75, 3.05) is 7.11 Å². The predicted octanol–water partition coefficient (Wildman–Crippen LogP) is 6.60. The van der Waals surface area contributed by atoms with E-state index >= 15 is 0 Å². The van der Waals surface area contributed by atoms with Crippen LogP contribution in [-0.4, -0.2) is 12.2 Å². The number of allylic oxidation sites excluding steroid dienone is 2. The second kappa shape index (κ2) is 14.1. The van der Waals surface area contributed by atoms with Gasteiger partial charge < -0.3 is 9.84 Å².